The van der Waals surface area contributed by atoms with Crippen LogP contribution in [0, 0.1) is 5.82 Å². The van der Waals surface area contributed by atoms with Crippen molar-refractivity contribution in [3.05, 3.63) is 53.1 Å². The van der Waals surface area contributed by atoms with Gasteiger partial charge in [-0.15, -0.1) is 0 Å². The number of aromatic nitrogens is 2. The van der Waals surface area contributed by atoms with Crippen LogP contribution in [0.3, 0.4) is 0 Å². The highest BCUT2D eigenvalue weighted by molar-refractivity contribution is 5.86. The molecule has 0 radical (unpaired) electrons. The number of rotatable bonds is 3. The molecule has 7 heteroatoms. The highest BCUT2D eigenvalue weighted by Crippen LogP contribution is 2.27. The summed E-state index contributed by atoms with van der Waals surface area (Å²) >= 11 is 0. The lowest BCUT2D eigenvalue weighted by Crippen LogP contribution is -2.43. The first-order chi connectivity index (χ1) is 11.5. The van der Waals surface area contributed by atoms with Gasteiger partial charge in [0.05, 0.1) is 18.0 Å². The van der Waals surface area contributed by atoms with E-state index in [0.717, 1.165) is 16.8 Å². The Morgan fingerprint density at radius 2 is 2.04 bits per heavy atom. The largest absolute Gasteiger partial charge is 0.359 e. The highest BCUT2D eigenvalue weighted by atomic mass is 19.1. The third-order valence-electron chi connectivity index (χ3n) is 4.22. The van der Waals surface area contributed by atoms with Crippen LogP contribution in [0.1, 0.15) is 22.7 Å². The van der Waals surface area contributed by atoms with Gasteiger partial charge in [-0.25, -0.2) is 4.39 Å². The van der Waals surface area contributed by atoms with E-state index in [1.54, 1.807) is 35.8 Å². The number of benzene rings is 1. The maximum absolute atomic E-state index is 13.0. The van der Waals surface area contributed by atoms with Crippen LogP contribution >= 0.6 is 0 Å². The highest BCUT2D eigenvalue weighted by Gasteiger charge is 2.34. The Hall–Kier alpha value is -2.70. The molecule has 0 saturated carbocycles. The second-order valence-electron chi connectivity index (χ2n) is 5.96. The molecule has 1 aliphatic rings. The van der Waals surface area contributed by atoms with Crippen molar-refractivity contribution in [2.75, 3.05) is 13.6 Å². The van der Waals surface area contributed by atoms with Crippen molar-refractivity contribution in [1.29, 1.82) is 0 Å². The van der Waals surface area contributed by atoms with E-state index in [1.165, 1.54) is 12.1 Å². The van der Waals surface area contributed by atoms with Crippen LogP contribution in [0.25, 0.3) is 0 Å². The smallest absolute Gasteiger partial charge is 0.230 e. The molecule has 1 atom stereocenters. The molecule has 0 spiro atoms. The topological polar surface area (TPSA) is 67.2 Å². The summed E-state index contributed by atoms with van der Waals surface area (Å²) in [6, 6.07) is 5.88. The first-order valence-corrected chi connectivity index (χ1v) is 7.74. The van der Waals surface area contributed by atoms with Gasteiger partial charge in [0.15, 0.2) is 0 Å². The quantitative estimate of drug-likeness (QED) is 0.912. The lowest BCUT2D eigenvalue weighted by molar-refractivity contribution is -0.133. The monoisotopic (exact) mass is 330 g/mol. The van der Waals surface area contributed by atoms with E-state index in [1.807, 2.05) is 6.20 Å². The molecule has 1 aromatic carbocycles. The molecule has 2 heterocycles. The van der Waals surface area contributed by atoms with E-state index >= 15 is 0 Å². The average Bonchev–Trinajstić information content (AvgIpc) is 2.95. The molecule has 0 bridgehead atoms. The number of hydrogen-bond acceptors (Lipinski definition) is 3. The van der Waals surface area contributed by atoms with Gasteiger partial charge in [0.25, 0.3) is 0 Å². The Balaban J connectivity index is 1.80. The van der Waals surface area contributed by atoms with Crippen LogP contribution < -0.4 is 5.32 Å². The Morgan fingerprint density at radius 1 is 1.33 bits per heavy atom. The molecule has 0 fully saturated rings. The number of amides is 2. The first kappa shape index (κ1) is 16.2. The van der Waals surface area contributed by atoms with Gasteiger partial charge in [-0.3, -0.25) is 14.3 Å². The number of likely N-dealkylation sites (N-methyl/N-ethyl adjacent to an activating group) is 1. The molecule has 2 aromatic rings. The first-order valence-electron chi connectivity index (χ1n) is 7.74. The summed E-state index contributed by atoms with van der Waals surface area (Å²) in [6.45, 7) is 0.723. The second kappa shape index (κ2) is 6.43. The fourth-order valence-corrected chi connectivity index (χ4v) is 3.01. The Bertz CT molecular complexity index is 769. The number of carbonyl (C=O) groups excluding carboxylic acids is 2. The van der Waals surface area contributed by atoms with Crippen LogP contribution in [-0.4, -0.2) is 40.1 Å². The maximum atomic E-state index is 13.0. The molecule has 6 nitrogen and oxygen atoms in total. The van der Waals surface area contributed by atoms with Crippen LogP contribution in [-0.2, 0) is 29.6 Å². The van der Waals surface area contributed by atoms with E-state index in [9.17, 15) is 14.0 Å². The fourth-order valence-electron chi connectivity index (χ4n) is 3.01. The van der Waals surface area contributed by atoms with Crippen LogP contribution in [0.15, 0.2) is 30.5 Å². The third kappa shape index (κ3) is 3.15. The average molecular weight is 330 g/mol. The summed E-state index contributed by atoms with van der Waals surface area (Å²) in [5, 5.41) is 7.00. The number of carbonyl (C=O) groups is 2. The minimum atomic E-state index is -0.475. The predicted octanol–water partition coefficient (Wildman–Crippen LogP) is 0.974. The zero-order valence-electron chi connectivity index (χ0n) is 13.6. The van der Waals surface area contributed by atoms with Gasteiger partial charge in [0, 0.05) is 38.9 Å². The molecule has 24 heavy (non-hydrogen) atoms. The minimum absolute atomic E-state index is 0.0926. The molecule has 126 valence electrons. The number of nitrogens with zero attached hydrogens (tertiary/aromatic N) is 3. The Labute approximate surface area is 139 Å². The lowest BCUT2D eigenvalue weighted by atomic mass is 9.95. The SMILES string of the molecule is CNC(=O)C1CN(C(=O)Cc2ccc(F)cc2)Cc2cn(C)nc21. The van der Waals surface area contributed by atoms with Crippen LogP contribution in [0.4, 0.5) is 4.39 Å². The number of nitrogens with one attached hydrogen (secondary N) is 1. The van der Waals surface area contributed by atoms with Crippen molar-refractivity contribution in [3.8, 4) is 0 Å². The number of halogens is 1. The van der Waals surface area contributed by atoms with Gasteiger partial charge in [0.2, 0.25) is 11.8 Å². The van der Waals surface area contributed by atoms with Gasteiger partial charge in [-0.05, 0) is 17.7 Å². The molecular formula is C17H19FN4O2. The van der Waals surface area contributed by atoms with E-state index in [2.05, 4.69) is 10.4 Å². The Morgan fingerprint density at radius 3 is 2.71 bits per heavy atom. The second-order valence-corrected chi connectivity index (χ2v) is 5.96. The van der Waals surface area contributed by atoms with Gasteiger partial charge < -0.3 is 10.2 Å². The van der Waals surface area contributed by atoms with Crippen molar-refractivity contribution < 1.29 is 14.0 Å². The standard InChI is InChI=1S/C17H19FN4O2/c1-19-17(24)14-10-22(9-12-8-21(2)20-16(12)14)15(23)7-11-3-5-13(18)6-4-11/h3-6,8,14H,7,9-10H2,1-2H3,(H,19,24). The number of fused-ring (bicyclic) bond motifs is 1. The number of hydrogen-bond donors (Lipinski definition) is 1. The summed E-state index contributed by atoms with van der Waals surface area (Å²) in [4.78, 5) is 26.4. The lowest BCUT2D eigenvalue weighted by Gasteiger charge is -2.31. The van der Waals surface area contributed by atoms with Crippen molar-refractivity contribution in [2.24, 2.45) is 7.05 Å². The van der Waals surface area contributed by atoms with Gasteiger partial charge in [-0.1, -0.05) is 12.1 Å². The van der Waals surface area contributed by atoms with Crippen molar-refractivity contribution >= 4 is 11.8 Å². The minimum Gasteiger partial charge on any atom is -0.359 e. The molecule has 3 rings (SSSR count). The Kier molecular flexibility index (Phi) is 4.33. The normalized spacial score (nSPS) is 16.6. The molecule has 2 amide bonds. The van der Waals surface area contributed by atoms with E-state index < -0.39 is 5.92 Å². The van der Waals surface area contributed by atoms with Crippen LogP contribution in [0.2, 0.25) is 0 Å². The molecule has 1 aliphatic heterocycles. The van der Waals surface area contributed by atoms with Crippen LogP contribution in [0.5, 0.6) is 0 Å². The predicted molar refractivity (Wildman–Crippen MR) is 85.5 cm³/mol. The molecule has 1 unspecified atom stereocenters. The fraction of sp³-hybridized carbons (Fsp3) is 0.353. The van der Waals surface area contributed by atoms with Gasteiger partial charge in [-0.2, -0.15) is 5.10 Å². The molecular weight excluding hydrogens is 311 g/mol. The van der Waals surface area contributed by atoms with E-state index in [4.69, 9.17) is 0 Å². The summed E-state index contributed by atoms with van der Waals surface area (Å²) < 4.78 is 14.6. The van der Waals surface area contributed by atoms with E-state index in [-0.39, 0.29) is 24.1 Å². The molecule has 1 N–H and O–H groups in total. The zero-order chi connectivity index (χ0) is 17.3. The van der Waals surface area contributed by atoms with Crippen molar-refractivity contribution in [3.63, 3.8) is 0 Å². The third-order valence-corrected chi connectivity index (χ3v) is 4.22. The number of aryl methyl sites for hydroxylation is 1. The summed E-state index contributed by atoms with van der Waals surface area (Å²) in [5.41, 5.74) is 2.35. The molecule has 1 aromatic heterocycles. The van der Waals surface area contributed by atoms with Gasteiger partial charge >= 0.3 is 0 Å². The van der Waals surface area contributed by atoms with Crippen molar-refractivity contribution in [1.82, 2.24) is 20.0 Å². The van der Waals surface area contributed by atoms with Crippen molar-refractivity contribution in [2.45, 2.75) is 18.9 Å². The molecule has 0 aliphatic carbocycles. The molecule has 0 saturated heterocycles. The van der Waals surface area contributed by atoms with E-state index in [0.29, 0.717) is 13.1 Å². The summed E-state index contributed by atoms with van der Waals surface area (Å²) in [7, 11) is 3.37. The summed E-state index contributed by atoms with van der Waals surface area (Å²) in [5.74, 6) is -1.06. The zero-order valence-corrected chi connectivity index (χ0v) is 13.6. The maximum Gasteiger partial charge on any atom is 0.230 e. The summed E-state index contributed by atoms with van der Waals surface area (Å²) in [6.07, 6.45) is 2.01. The van der Waals surface area contributed by atoms with Gasteiger partial charge in [0.1, 0.15) is 5.82 Å².